The monoisotopic (exact) mass is 144 g/mol. The summed E-state index contributed by atoms with van der Waals surface area (Å²) < 4.78 is 1.72. The van der Waals surface area contributed by atoms with Gasteiger partial charge in [-0.15, -0.1) is 0 Å². The average Bonchev–Trinajstić information content (AvgIpc) is 2.31. The summed E-state index contributed by atoms with van der Waals surface area (Å²) in [5.74, 6) is 0. The number of allylic oxidation sites excluding steroid dienone is 4. The molecule has 0 radical (unpaired) electrons. The fourth-order valence-corrected chi connectivity index (χ4v) is 1.97. The van der Waals surface area contributed by atoms with E-state index >= 15 is 0 Å². The third-order valence-electron chi connectivity index (χ3n) is 2.09. The van der Waals surface area contributed by atoms with Crippen molar-refractivity contribution < 1.29 is 0 Å². The van der Waals surface area contributed by atoms with Crippen LogP contribution in [0.15, 0.2) is 20.5 Å². The summed E-state index contributed by atoms with van der Waals surface area (Å²) >= 11 is 1.27. The Morgan fingerprint density at radius 3 is 2.90 bits per heavy atom. The van der Waals surface area contributed by atoms with E-state index in [0.29, 0.717) is 0 Å². The van der Waals surface area contributed by atoms with Crippen molar-refractivity contribution in [2.45, 2.75) is 32.6 Å². The van der Waals surface area contributed by atoms with E-state index in [9.17, 15) is 0 Å². The van der Waals surface area contributed by atoms with Gasteiger partial charge in [0.15, 0.2) is 0 Å². The van der Waals surface area contributed by atoms with Crippen molar-refractivity contribution in [3.63, 3.8) is 0 Å². The Morgan fingerprint density at radius 2 is 2.40 bits per heavy atom. The van der Waals surface area contributed by atoms with E-state index in [-0.39, 0.29) is 0 Å². The first-order valence-corrected chi connectivity index (χ1v) is 5.19. The molecule has 0 amide bonds. The molecule has 50 valence electrons. The SMILES string of the molecule is CCCCC1=[C]([Na])CC=C1. The third kappa shape index (κ3) is 2.26. The van der Waals surface area contributed by atoms with Gasteiger partial charge in [0.2, 0.25) is 0 Å². The fraction of sp³-hybridized carbons (Fsp3) is 0.556. The van der Waals surface area contributed by atoms with Crippen molar-refractivity contribution in [2.75, 3.05) is 0 Å². The van der Waals surface area contributed by atoms with Gasteiger partial charge in [0.25, 0.3) is 0 Å². The Labute approximate surface area is 80.8 Å². The number of hydrogen-bond donors (Lipinski definition) is 0. The van der Waals surface area contributed by atoms with E-state index in [1.165, 1.54) is 53.6 Å². The molecule has 0 aromatic rings. The van der Waals surface area contributed by atoms with Crippen molar-refractivity contribution in [1.29, 1.82) is 0 Å². The molecular weight excluding hydrogens is 131 g/mol. The van der Waals surface area contributed by atoms with Crippen molar-refractivity contribution >= 4 is 27.9 Å². The predicted octanol–water partition coefficient (Wildman–Crippen LogP) is 2.56. The second-order valence-electron chi connectivity index (χ2n) is 3.02. The molecule has 0 fully saturated rings. The summed E-state index contributed by atoms with van der Waals surface area (Å²) in [4.78, 5) is 0. The van der Waals surface area contributed by atoms with Crippen LogP contribution in [-0.2, 0) is 0 Å². The molecule has 10 heavy (non-hydrogen) atoms. The van der Waals surface area contributed by atoms with Crippen LogP contribution in [0.1, 0.15) is 32.6 Å². The first kappa shape index (κ1) is 8.58. The van der Waals surface area contributed by atoms with Gasteiger partial charge >= 0.3 is 81.1 Å². The zero-order valence-electron chi connectivity index (χ0n) is 6.98. The molecule has 0 heterocycles. The van der Waals surface area contributed by atoms with Crippen molar-refractivity contribution in [3.05, 3.63) is 20.5 Å². The van der Waals surface area contributed by atoms with Crippen LogP contribution in [0.4, 0.5) is 0 Å². The van der Waals surface area contributed by atoms with Crippen LogP contribution in [0.3, 0.4) is 0 Å². The van der Waals surface area contributed by atoms with E-state index in [1.54, 1.807) is 8.40 Å². The molecule has 0 spiro atoms. The predicted molar refractivity (Wildman–Crippen MR) is 46.1 cm³/mol. The average molecular weight is 144 g/mol. The molecule has 0 bridgehead atoms. The molecule has 0 saturated carbocycles. The summed E-state index contributed by atoms with van der Waals surface area (Å²) in [5, 5.41) is 0. The summed E-state index contributed by atoms with van der Waals surface area (Å²) in [5.41, 5.74) is 1.65. The van der Waals surface area contributed by atoms with E-state index in [1.807, 2.05) is 0 Å². The van der Waals surface area contributed by atoms with Gasteiger partial charge in [0, 0.05) is 0 Å². The fourth-order valence-electron chi connectivity index (χ4n) is 1.32. The van der Waals surface area contributed by atoms with E-state index in [2.05, 4.69) is 19.1 Å². The molecule has 0 aromatic heterocycles. The Balaban J connectivity index is 2.38. The molecule has 0 aliphatic heterocycles. The van der Waals surface area contributed by atoms with Gasteiger partial charge in [-0.05, 0) is 0 Å². The second kappa shape index (κ2) is 4.38. The first-order valence-electron chi connectivity index (χ1n) is 4.19. The molecule has 1 rings (SSSR count). The van der Waals surface area contributed by atoms with Gasteiger partial charge in [-0.25, -0.2) is 0 Å². The molecule has 0 unspecified atom stereocenters. The van der Waals surface area contributed by atoms with Crippen LogP contribution in [0, 0.1) is 0 Å². The number of unbranched alkanes of at least 4 members (excludes halogenated alkanes) is 1. The van der Waals surface area contributed by atoms with Crippen molar-refractivity contribution in [1.82, 2.24) is 0 Å². The summed E-state index contributed by atoms with van der Waals surface area (Å²) in [7, 11) is 0. The summed E-state index contributed by atoms with van der Waals surface area (Å²) in [6, 6.07) is 0. The molecule has 0 aromatic carbocycles. The molecule has 1 aliphatic carbocycles. The van der Waals surface area contributed by atoms with Gasteiger partial charge in [-0.1, -0.05) is 0 Å². The zero-order valence-corrected chi connectivity index (χ0v) is 8.98. The van der Waals surface area contributed by atoms with Crippen LogP contribution in [0.5, 0.6) is 0 Å². The molecule has 0 N–H and O–H groups in total. The molecule has 1 heteroatoms. The molecular formula is C9H13Na. The van der Waals surface area contributed by atoms with E-state index in [4.69, 9.17) is 0 Å². The van der Waals surface area contributed by atoms with Gasteiger partial charge in [0.05, 0.1) is 0 Å². The van der Waals surface area contributed by atoms with Gasteiger partial charge in [0.1, 0.15) is 0 Å². The minimum atomic E-state index is 1.26. The number of rotatable bonds is 3. The normalized spacial score (nSPS) is 17.1. The minimum absolute atomic E-state index is 1.26. The van der Waals surface area contributed by atoms with Crippen LogP contribution >= 0.6 is 0 Å². The van der Waals surface area contributed by atoms with E-state index in [0.717, 1.165) is 0 Å². The van der Waals surface area contributed by atoms with Crippen molar-refractivity contribution in [3.8, 4) is 0 Å². The summed E-state index contributed by atoms with van der Waals surface area (Å²) in [6.45, 7) is 2.26. The van der Waals surface area contributed by atoms with Crippen molar-refractivity contribution in [2.24, 2.45) is 0 Å². The third-order valence-corrected chi connectivity index (χ3v) is 3.14. The van der Waals surface area contributed by atoms with Crippen LogP contribution in [0.2, 0.25) is 0 Å². The summed E-state index contributed by atoms with van der Waals surface area (Å²) in [6.07, 6.45) is 9.89. The van der Waals surface area contributed by atoms with Crippen LogP contribution in [-0.4, -0.2) is 27.9 Å². The molecule has 1 aliphatic rings. The molecule has 0 nitrogen and oxygen atoms in total. The maximum atomic E-state index is 2.32. The van der Waals surface area contributed by atoms with E-state index < -0.39 is 0 Å². The molecule has 0 saturated heterocycles. The van der Waals surface area contributed by atoms with Gasteiger partial charge in [-0.3, -0.25) is 0 Å². The Morgan fingerprint density at radius 1 is 1.60 bits per heavy atom. The second-order valence-corrected chi connectivity index (χ2v) is 4.22. The molecule has 0 atom stereocenters. The Bertz CT molecular complexity index is 166. The van der Waals surface area contributed by atoms with Crippen LogP contribution < -0.4 is 0 Å². The van der Waals surface area contributed by atoms with Gasteiger partial charge < -0.3 is 0 Å². The maximum absolute atomic E-state index is 2.32. The first-order chi connectivity index (χ1) is 4.84. The Kier molecular flexibility index (Phi) is 3.75. The zero-order chi connectivity index (χ0) is 7.40. The van der Waals surface area contributed by atoms with Crippen LogP contribution in [0.25, 0.3) is 0 Å². The number of hydrogen-bond acceptors (Lipinski definition) is 0. The standard InChI is InChI=1S/C9H13.Na/c1-2-3-6-9-7-4-5-8-9;/h4,7H,2-3,5-6H2,1H3;. The topological polar surface area (TPSA) is 0 Å². The van der Waals surface area contributed by atoms with Gasteiger partial charge in [-0.2, -0.15) is 0 Å². The quantitative estimate of drug-likeness (QED) is 0.534. The Hall–Kier alpha value is 0.480.